The molecule has 2 aromatic rings. The summed E-state index contributed by atoms with van der Waals surface area (Å²) in [6.07, 6.45) is -0.0228. The van der Waals surface area contributed by atoms with Crippen LogP contribution in [-0.2, 0) is 9.59 Å². The van der Waals surface area contributed by atoms with Crippen LogP contribution in [0.2, 0.25) is 0 Å². The Kier molecular flexibility index (Phi) is 6.05. The highest BCUT2D eigenvalue weighted by Gasteiger charge is 2.37. The molecule has 0 spiro atoms. The number of rotatable bonds is 7. The molecular weight excluding hydrogens is 394 g/mol. The normalized spacial score (nSPS) is 15.6. The molecule has 10 nitrogen and oxygen atoms in total. The summed E-state index contributed by atoms with van der Waals surface area (Å²) in [6.45, 7) is 0.122. The molecule has 0 aliphatic carbocycles. The summed E-state index contributed by atoms with van der Waals surface area (Å²) < 4.78 is 15.5. The van der Waals surface area contributed by atoms with Crippen LogP contribution in [0.1, 0.15) is 6.42 Å². The lowest BCUT2D eigenvalue weighted by molar-refractivity contribution is -0.384. The molecule has 1 aliphatic rings. The van der Waals surface area contributed by atoms with Crippen molar-refractivity contribution < 1.29 is 28.7 Å². The highest BCUT2D eigenvalue weighted by molar-refractivity contribution is 6.04. The standard InChI is InChI=1S/C20H21N3O7/c1-28-13-4-6-15(17(9-13)23(26)27)21-20(25)12-8-19(24)22(11-12)16-7-5-14(29-2)10-18(16)30-3/h4-7,9-10,12H,8,11H2,1-3H3,(H,21,25)/t12-/m1/s1. The zero-order valence-corrected chi connectivity index (χ0v) is 16.7. The maximum atomic E-state index is 12.7. The van der Waals surface area contributed by atoms with Gasteiger partial charge in [0.2, 0.25) is 11.8 Å². The Morgan fingerprint density at radius 3 is 2.40 bits per heavy atom. The van der Waals surface area contributed by atoms with E-state index in [4.69, 9.17) is 14.2 Å². The monoisotopic (exact) mass is 415 g/mol. The van der Waals surface area contributed by atoms with Crippen molar-refractivity contribution in [3.8, 4) is 17.2 Å². The van der Waals surface area contributed by atoms with E-state index in [0.717, 1.165) is 0 Å². The molecule has 1 N–H and O–H groups in total. The summed E-state index contributed by atoms with van der Waals surface area (Å²) in [5.74, 6) is -0.0909. The van der Waals surface area contributed by atoms with Crippen molar-refractivity contribution in [3.05, 3.63) is 46.5 Å². The van der Waals surface area contributed by atoms with Gasteiger partial charge in [0, 0.05) is 19.0 Å². The van der Waals surface area contributed by atoms with Crippen LogP contribution in [0.3, 0.4) is 0 Å². The number of nitrogens with one attached hydrogen (secondary N) is 1. The summed E-state index contributed by atoms with van der Waals surface area (Å²) in [6, 6.07) is 9.16. The van der Waals surface area contributed by atoms with Crippen molar-refractivity contribution in [2.45, 2.75) is 6.42 Å². The lowest BCUT2D eigenvalue weighted by atomic mass is 10.1. The zero-order chi connectivity index (χ0) is 21.8. The van der Waals surface area contributed by atoms with E-state index >= 15 is 0 Å². The fourth-order valence-corrected chi connectivity index (χ4v) is 3.25. The van der Waals surface area contributed by atoms with Crippen LogP contribution >= 0.6 is 0 Å². The largest absolute Gasteiger partial charge is 0.497 e. The number of nitrogens with zero attached hydrogens (tertiary/aromatic N) is 2. The van der Waals surface area contributed by atoms with E-state index in [1.807, 2.05) is 0 Å². The number of amides is 2. The maximum Gasteiger partial charge on any atom is 0.296 e. The van der Waals surface area contributed by atoms with Gasteiger partial charge in [0.1, 0.15) is 22.9 Å². The first-order chi connectivity index (χ1) is 14.4. The highest BCUT2D eigenvalue weighted by Crippen LogP contribution is 2.36. The molecule has 30 heavy (non-hydrogen) atoms. The van der Waals surface area contributed by atoms with E-state index in [0.29, 0.717) is 22.9 Å². The third-order valence-electron chi connectivity index (χ3n) is 4.83. The van der Waals surface area contributed by atoms with E-state index in [1.165, 1.54) is 44.4 Å². The maximum absolute atomic E-state index is 12.7. The van der Waals surface area contributed by atoms with Gasteiger partial charge in [-0.3, -0.25) is 19.7 Å². The van der Waals surface area contributed by atoms with Crippen molar-refractivity contribution in [2.75, 3.05) is 38.1 Å². The second kappa shape index (κ2) is 8.68. The van der Waals surface area contributed by atoms with Gasteiger partial charge in [0.15, 0.2) is 0 Å². The Labute approximate surface area is 172 Å². The van der Waals surface area contributed by atoms with Gasteiger partial charge < -0.3 is 24.4 Å². The van der Waals surface area contributed by atoms with E-state index in [9.17, 15) is 19.7 Å². The van der Waals surface area contributed by atoms with Crippen molar-refractivity contribution in [1.29, 1.82) is 0 Å². The number of ether oxygens (including phenoxy) is 3. The van der Waals surface area contributed by atoms with Crippen LogP contribution in [0.25, 0.3) is 0 Å². The number of methoxy groups -OCH3 is 3. The molecule has 0 unspecified atom stereocenters. The number of carbonyl (C=O) groups excluding carboxylic acids is 2. The predicted molar refractivity (Wildman–Crippen MR) is 108 cm³/mol. The first-order valence-electron chi connectivity index (χ1n) is 9.03. The van der Waals surface area contributed by atoms with E-state index in [2.05, 4.69) is 5.32 Å². The number of hydrogen-bond acceptors (Lipinski definition) is 7. The molecule has 0 radical (unpaired) electrons. The Morgan fingerprint density at radius 2 is 1.77 bits per heavy atom. The Hall–Kier alpha value is -3.82. The van der Waals surface area contributed by atoms with Crippen molar-refractivity contribution in [3.63, 3.8) is 0 Å². The van der Waals surface area contributed by atoms with Gasteiger partial charge in [-0.15, -0.1) is 0 Å². The second-order valence-electron chi connectivity index (χ2n) is 6.57. The molecule has 0 aromatic heterocycles. The lowest BCUT2D eigenvalue weighted by Crippen LogP contribution is -2.28. The van der Waals surface area contributed by atoms with Crippen LogP contribution in [0, 0.1) is 16.0 Å². The molecule has 1 atom stereocenters. The number of hydrogen-bond donors (Lipinski definition) is 1. The van der Waals surface area contributed by atoms with Crippen LogP contribution < -0.4 is 24.4 Å². The van der Waals surface area contributed by atoms with Gasteiger partial charge in [-0.1, -0.05) is 0 Å². The van der Waals surface area contributed by atoms with Gasteiger partial charge >= 0.3 is 0 Å². The summed E-state index contributed by atoms with van der Waals surface area (Å²) in [4.78, 5) is 37.5. The summed E-state index contributed by atoms with van der Waals surface area (Å²) in [7, 11) is 4.39. The van der Waals surface area contributed by atoms with Gasteiger partial charge in [-0.2, -0.15) is 0 Å². The average Bonchev–Trinajstić information content (AvgIpc) is 3.14. The van der Waals surface area contributed by atoms with Crippen molar-refractivity contribution in [2.24, 2.45) is 5.92 Å². The molecule has 2 aromatic carbocycles. The fourth-order valence-electron chi connectivity index (χ4n) is 3.25. The number of anilines is 2. The molecule has 1 heterocycles. The molecule has 3 rings (SSSR count). The van der Waals surface area contributed by atoms with Crippen LogP contribution in [-0.4, -0.2) is 44.6 Å². The van der Waals surface area contributed by atoms with Gasteiger partial charge in [-0.25, -0.2) is 0 Å². The fraction of sp³-hybridized carbons (Fsp3) is 0.300. The molecule has 1 saturated heterocycles. The molecule has 10 heteroatoms. The van der Waals surface area contributed by atoms with E-state index < -0.39 is 16.7 Å². The number of nitro groups is 1. The topological polar surface area (TPSA) is 120 Å². The molecule has 1 fully saturated rings. The third-order valence-corrected chi connectivity index (χ3v) is 4.83. The third kappa shape index (κ3) is 4.12. The zero-order valence-electron chi connectivity index (χ0n) is 16.7. The number of nitro benzene ring substituents is 1. The molecule has 0 bridgehead atoms. The van der Waals surface area contributed by atoms with Crippen molar-refractivity contribution in [1.82, 2.24) is 0 Å². The predicted octanol–water partition coefficient (Wildman–Crippen LogP) is 2.61. The Morgan fingerprint density at radius 1 is 1.10 bits per heavy atom. The van der Waals surface area contributed by atoms with Gasteiger partial charge in [0.05, 0.1) is 43.9 Å². The Bertz CT molecular complexity index is 992. The van der Waals surface area contributed by atoms with Gasteiger partial charge in [-0.05, 0) is 24.3 Å². The number of carbonyl (C=O) groups is 2. The lowest BCUT2D eigenvalue weighted by Gasteiger charge is -2.20. The summed E-state index contributed by atoms with van der Waals surface area (Å²) >= 11 is 0. The SMILES string of the molecule is COc1ccc(N2C[C@H](C(=O)Nc3ccc(OC)cc3[N+](=O)[O-])CC2=O)c(OC)c1. The molecular formula is C20H21N3O7. The van der Waals surface area contributed by atoms with Crippen LogP contribution in [0.4, 0.5) is 17.1 Å². The minimum atomic E-state index is -0.675. The number of benzene rings is 2. The smallest absolute Gasteiger partial charge is 0.296 e. The molecule has 158 valence electrons. The molecule has 1 aliphatic heterocycles. The summed E-state index contributed by atoms with van der Waals surface area (Å²) in [5, 5.41) is 13.9. The van der Waals surface area contributed by atoms with E-state index in [1.54, 1.807) is 18.2 Å². The minimum Gasteiger partial charge on any atom is -0.497 e. The minimum absolute atomic E-state index is 0.0228. The van der Waals surface area contributed by atoms with Crippen LogP contribution in [0.15, 0.2) is 36.4 Å². The highest BCUT2D eigenvalue weighted by atomic mass is 16.6. The average molecular weight is 415 g/mol. The van der Waals surface area contributed by atoms with Gasteiger partial charge in [0.25, 0.3) is 5.69 Å². The summed E-state index contributed by atoms with van der Waals surface area (Å²) in [5.41, 5.74) is 0.272. The second-order valence-corrected chi connectivity index (χ2v) is 6.57. The Balaban J connectivity index is 1.79. The molecule has 2 amide bonds. The molecule has 0 saturated carbocycles. The quantitative estimate of drug-likeness (QED) is 0.545. The van der Waals surface area contributed by atoms with E-state index in [-0.39, 0.29) is 30.2 Å². The first-order valence-corrected chi connectivity index (χ1v) is 9.03. The van der Waals surface area contributed by atoms with Crippen LogP contribution in [0.5, 0.6) is 17.2 Å². The first kappa shape index (κ1) is 20.9. The van der Waals surface area contributed by atoms with Crippen molar-refractivity contribution >= 4 is 28.9 Å².